The van der Waals surface area contributed by atoms with Crippen molar-refractivity contribution >= 4 is 58.1 Å². The minimum Gasteiger partial charge on any atom is -0.309 e. The van der Waals surface area contributed by atoms with E-state index >= 15 is 0 Å². The van der Waals surface area contributed by atoms with Crippen LogP contribution in [0.1, 0.15) is 31.7 Å². The van der Waals surface area contributed by atoms with E-state index < -0.39 is 0 Å². The molecule has 0 radical (unpaired) electrons. The van der Waals surface area contributed by atoms with E-state index in [2.05, 4.69) is 10.4 Å². The molecule has 2 aromatic rings. The number of carbonyl (C=O) groups excluding carboxylic acids is 1. The van der Waals surface area contributed by atoms with Crippen LogP contribution in [0.5, 0.6) is 0 Å². The third-order valence-electron chi connectivity index (χ3n) is 3.40. The number of amides is 1. The van der Waals surface area contributed by atoms with Gasteiger partial charge in [-0.15, -0.1) is 11.6 Å². The van der Waals surface area contributed by atoms with Crippen LogP contribution in [-0.2, 0) is 4.79 Å². The fourth-order valence-corrected chi connectivity index (χ4v) is 3.18. The van der Waals surface area contributed by atoms with Crippen LogP contribution < -0.4 is 5.32 Å². The highest BCUT2D eigenvalue weighted by Gasteiger charge is 2.20. The van der Waals surface area contributed by atoms with E-state index in [4.69, 9.17) is 46.4 Å². The molecule has 2 rings (SSSR count). The van der Waals surface area contributed by atoms with Crippen LogP contribution in [0.4, 0.5) is 5.82 Å². The normalized spacial score (nSPS) is 11.8. The maximum Gasteiger partial charge on any atom is 0.227 e. The molecule has 1 atom stereocenters. The highest BCUT2D eigenvalue weighted by molar-refractivity contribution is 6.48. The zero-order valence-electron chi connectivity index (χ0n) is 13.2. The standard InChI is InChI=1S/C16H14Cl4N4O/c1-2-3-10(17)6-13(25)23-16-9(7-21)8-22-24(16)12-5-4-11(18)14(19)15(12)20/h4-5,8,10H,2-3,6H2,1H3,(H,23,25). The molecule has 1 heterocycles. The maximum absolute atomic E-state index is 12.2. The number of nitrogens with zero attached hydrogens (tertiary/aromatic N) is 3. The fraction of sp³-hybridized carbons (Fsp3) is 0.312. The van der Waals surface area contributed by atoms with Crippen LogP contribution in [-0.4, -0.2) is 21.1 Å². The maximum atomic E-state index is 12.2. The Bertz CT molecular complexity index is 828. The third-order valence-corrected chi connectivity index (χ3v) is 5.06. The van der Waals surface area contributed by atoms with Gasteiger partial charge >= 0.3 is 0 Å². The van der Waals surface area contributed by atoms with Crippen molar-refractivity contribution in [3.8, 4) is 11.8 Å². The van der Waals surface area contributed by atoms with Gasteiger partial charge in [0.1, 0.15) is 11.6 Å². The lowest BCUT2D eigenvalue weighted by molar-refractivity contribution is -0.116. The van der Waals surface area contributed by atoms with Gasteiger partial charge < -0.3 is 5.32 Å². The number of carbonyl (C=O) groups is 1. The summed E-state index contributed by atoms with van der Waals surface area (Å²) in [5.41, 5.74) is 0.584. The minimum absolute atomic E-state index is 0.126. The van der Waals surface area contributed by atoms with E-state index in [-0.39, 0.29) is 39.1 Å². The van der Waals surface area contributed by atoms with Gasteiger partial charge in [-0.2, -0.15) is 10.4 Å². The van der Waals surface area contributed by atoms with Crippen molar-refractivity contribution < 1.29 is 4.79 Å². The largest absolute Gasteiger partial charge is 0.309 e. The van der Waals surface area contributed by atoms with Crippen LogP contribution in [0.15, 0.2) is 18.3 Å². The van der Waals surface area contributed by atoms with E-state index in [1.165, 1.54) is 10.9 Å². The number of aromatic nitrogens is 2. The molecule has 0 bridgehead atoms. The summed E-state index contributed by atoms with van der Waals surface area (Å²) in [5, 5.41) is 16.4. The van der Waals surface area contributed by atoms with Crippen LogP contribution >= 0.6 is 46.4 Å². The molecule has 0 fully saturated rings. The average molecular weight is 420 g/mol. The van der Waals surface area contributed by atoms with Crippen LogP contribution in [0.25, 0.3) is 5.69 Å². The number of nitrogens with one attached hydrogen (secondary N) is 1. The molecule has 25 heavy (non-hydrogen) atoms. The van der Waals surface area contributed by atoms with Crippen molar-refractivity contribution in [2.24, 2.45) is 0 Å². The number of anilines is 1. The summed E-state index contributed by atoms with van der Waals surface area (Å²) in [6.45, 7) is 1.99. The lowest BCUT2D eigenvalue weighted by Crippen LogP contribution is -2.19. The summed E-state index contributed by atoms with van der Waals surface area (Å²) in [6, 6.07) is 5.14. The molecule has 0 saturated carbocycles. The molecular weight excluding hydrogens is 406 g/mol. The number of alkyl halides is 1. The molecule has 1 amide bonds. The minimum atomic E-state index is -0.317. The Morgan fingerprint density at radius 3 is 2.72 bits per heavy atom. The molecule has 0 aliphatic carbocycles. The highest BCUT2D eigenvalue weighted by Crippen LogP contribution is 2.36. The highest BCUT2D eigenvalue weighted by atomic mass is 35.5. The second-order valence-corrected chi connectivity index (χ2v) is 7.04. The van der Waals surface area contributed by atoms with Crippen molar-refractivity contribution in [2.45, 2.75) is 31.6 Å². The molecule has 1 aromatic heterocycles. The van der Waals surface area contributed by atoms with Gasteiger partial charge in [0.15, 0.2) is 5.82 Å². The summed E-state index contributed by atoms with van der Waals surface area (Å²) < 4.78 is 1.34. The predicted molar refractivity (Wildman–Crippen MR) is 101 cm³/mol. The molecule has 1 aromatic carbocycles. The van der Waals surface area contributed by atoms with Gasteiger partial charge in [-0.1, -0.05) is 48.1 Å². The SMILES string of the molecule is CCCC(Cl)CC(=O)Nc1c(C#N)cnn1-c1ccc(Cl)c(Cl)c1Cl. The van der Waals surface area contributed by atoms with Crippen LogP contribution in [0, 0.1) is 11.3 Å². The topological polar surface area (TPSA) is 70.7 Å². The Balaban J connectivity index is 2.37. The van der Waals surface area contributed by atoms with Gasteiger partial charge in [0, 0.05) is 11.8 Å². The van der Waals surface area contributed by atoms with Gasteiger partial charge in [-0.25, -0.2) is 4.68 Å². The van der Waals surface area contributed by atoms with Gasteiger partial charge in [-0.05, 0) is 18.6 Å². The molecule has 0 spiro atoms. The number of nitriles is 1. The lowest BCUT2D eigenvalue weighted by atomic mass is 10.2. The first-order valence-electron chi connectivity index (χ1n) is 7.44. The molecule has 0 saturated heterocycles. The Morgan fingerprint density at radius 1 is 1.36 bits per heavy atom. The van der Waals surface area contributed by atoms with Gasteiger partial charge in [0.25, 0.3) is 0 Å². The van der Waals surface area contributed by atoms with Crippen molar-refractivity contribution in [3.05, 3.63) is 39.0 Å². The van der Waals surface area contributed by atoms with E-state index in [0.29, 0.717) is 10.7 Å². The first-order chi connectivity index (χ1) is 11.9. The van der Waals surface area contributed by atoms with Crippen LogP contribution in [0.3, 0.4) is 0 Å². The molecule has 1 unspecified atom stereocenters. The predicted octanol–water partition coefficient (Wildman–Crippen LogP) is 5.44. The molecule has 5 nitrogen and oxygen atoms in total. The van der Waals surface area contributed by atoms with Crippen molar-refractivity contribution in [2.75, 3.05) is 5.32 Å². The quantitative estimate of drug-likeness (QED) is 0.500. The zero-order valence-corrected chi connectivity index (χ0v) is 16.2. The summed E-state index contributed by atoms with van der Waals surface area (Å²) in [6.07, 6.45) is 3.05. The summed E-state index contributed by atoms with van der Waals surface area (Å²) >= 11 is 24.3. The fourth-order valence-electron chi connectivity index (χ4n) is 2.21. The molecule has 0 aliphatic rings. The average Bonchev–Trinajstić information content (AvgIpc) is 2.95. The number of hydrogen-bond donors (Lipinski definition) is 1. The summed E-state index contributed by atoms with van der Waals surface area (Å²) in [5.74, 6) is -0.115. The van der Waals surface area contributed by atoms with Crippen molar-refractivity contribution in [3.63, 3.8) is 0 Å². The second-order valence-electron chi connectivity index (χ2n) is 5.26. The number of benzene rings is 1. The van der Waals surface area contributed by atoms with Crippen molar-refractivity contribution in [1.82, 2.24) is 9.78 Å². The van der Waals surface area contributed by atoms with Gasteiger partial charge in [-0.3, -0.25) is 4.79 Å². The first kappa shape index (κ1) is 19.9. The second kappa shape index (κ2) is 8.77. The van der Waals surface area contributed by atoms with E-state index in [0.717, 1.165) is 12.8 Å². The molecule has 1 N–H and O–H groups in total. The number of hydrogen-bond acceptors (Lipinski definition) is 3. The Labute approximate surface area is 165 Å². The van der Waals surface area contributed by atoms with Gasteiger partial charge in [0.05, 0.1) is 27.0 Å². The monoisotopic (exact) mass is 418 g/mol. The van der Waals surface area contributed by atoms with Crippen molar-refractivity contribution in [1.29, 1.82) is 5.26 Å². The van der Waals surface area contributed by atoms with Crippen LogP contribution in [0.2, 0.25) is 15.1 Å². The van der Waals surface area contributed by atoms with Gasteiger partial charge in [0.2, 0.25) is 5.91 Å². The number of rotatable bonds is 6. The molecule has 9 heteroatoms. The Morgan fingerprint density at radius 2 is 2.08 bits per heavy atom. The Kier molecular flexibility index (Phi) is 6.97. The number of halogens is 4. The van der Waals surface area contributed by atoms with E-state index in [9.17, 15) is 10.1 Å². The first-order valence-corrected chi connectivity index (χ1v) is 9.02. The Hall–Kier alpha value is -1.45. The molecular formula is C16H14Cl4N4O. The summed E-state index contributed by atoms with van der Waals surface area (Å²) in [7, 11) is 0. The molecule has 0 aliphatic heterocycles. The van der Waals surface area contributed by atoms with E-state index in [1.807, 2.05) is 13.0 Å². The van der Waals surface area contributed by atoms with E-state index in [1.54, 1.807) is 12.1 Å². The lowest BCUT2D eigenvalue weighted by Gasteiger charge is -2.13. The smallest absolute Gasteiger partial charge is 0.227 e. The summed E-state index contributed by atoms with van der Waals surface area (Å²) in [4.78, 5) is 12.2. The molecule has 132 valence electrons. The third kappa shape index (κ3) is 4.59. The zero-order chi connectivity index (χ0) is 18.6.